The fraction of sp³-hybridized carbons (Fsp3) is 0.250. The maximum Gasteiger partial charge on any atom is 0.298 e. The Kier molecular flexibility index (Phi) is 2.77. The summed E-state index contributed by atoms with van der Waals surface area (Å²) in [5, 5.41) is 0. The summed E-state index contributed by atoms with van der Waals surface area (Å²) in [6.07, 6.45) is 5.90. The summed E-state index contributed by atoms with van der Waals surface area (Å²) in [5.74, 6) is 0. The van der Waals surface area contributed by atoms with Crippen LogP contribution < -0.4 is 10.6 Å². The summed E-state index contributed by atoms with van der Waals surface area (Å²) in [6, 6.07) is 10.7. The number of anilines is 2. The van der Waals surface area contributed by atoms with Crippen LogP contribution >= 0.6 is 0 Å². The van der Waals surface area contributed by atoms with Gasteiger partial charge in [-0.1, -0.05) is 0 Å². The molecule has 1 saturated heterocycles. The summed E-state index contributed by atoms with van der Waals surface area (Å²) >= 11 is 0. The first-order chi connectivity index (χ1) is 10.3. The lowest BCUT2D eigenvalue weighted by Crippen LogP contribution is -2.22. The molecule has 1 aliphatic heterocycles. The zero-order valence-corrected chi connectivity index (χ0v) is 11.6. The molecule has 21 heavy (non-hydrogen) atoms. The second kappa shape index (κ2) is 4.77. The molecule has 2 aromatic heterocycles. The lowest BCUT2D eigenvalue weighted by Gasteiger charge is -2.22. The van der Waals surface area contributed by atoms with Crippen molar-refractivity contribution in [2.75, 3.05) is 17.2 Å². The molecule has 0 saturated carbocycles. The Balaban J connectivity index is 1.73. The summed E-state index contributed by atoms with van der Waals surface area (Å²) in [5.41, 5.74) is 9.35. The fourth-order valence-corrected chi connectivity index (χ4v) is 2.98. The standard InChI is InChI=1S/C16H16N4O/c17-12-3-4-15-13(10-12)19-16(21-15)20-9-1-2-14(20)11-5-7-18-8-6-11/h3-8,10,14H,1-2,9,17H2. The highest BCUT2D eigenvalue weighted by atomic mass is 16.4. The van der Waals surface area contributed by atoms with Crippen molar-refractivity contribution < 1.29 is 4.42 Å². The van der Waals surface area contributed by atoms with Gasteiger partial charge in [0.25, 0.3) is 6.01 Å². The number of fused-ring (bicyclic) bond motifs is 1. The Labute approximate surface area is 122 Å². The molecule has 0 radical (unpaired) electrons. The Morgan fingerprint density at radius 2 is 2.05 bits per heavy atom. The first-order valence-electron chi connectivity index (χ1n) is 7.14. The molecule has 1 atom stereocenters. The third-order valence-corrected chi connectivity index (χ3v) is 3.99. The number of hydrogen-bond donors (Lipinski definition) is 1. The molecular formula is C16H16N4O. The highest BCUT2D eigenvalue weighted by molar-refractivity contribution is 5.78. The van der Waals surface area contributed by atoms with E-state index in [0.717, 1.165) is 30.5 Å². The first kappa shape index (κ1) is 12.2. The van der Waals surface area contributed by atoms with Gasteiger partial charge in [-0.05, 0) is 48.7 Å². The molecule has 1 aliphatic rings. The molecule has 1 aromatic carbocycles. The number of rotatable bonds is 2. The third kappa shape index (κ3) is 2.11. The first-order valence-corrected chi connectivity index (χ1v) is 7.14. The highest BCUT2D eigenvalue weighted by Gasteiger charge is 2.29. The van der Waals surface area contributed by atoms with E-state index in [1.807, 2.05) is 30.6 Å². The van der Waals surface area contributed by atoms with E-state index >= 15 is 0 Å². The second-order valence-electron chi connectivity index (χ2n) is 5.36. The number of benzene rings is 1. The van der Waals surface area contributed by atoms with E-state index in [9.17, 15) is 0 Å². The van der Waals surface area contributed by atoms with Crippen LogP contribution in [0.25, 0.3) is 11.1 Å². The average Bonchev–Trinajstić information content (AvgIpc) is 3.13. The SMILES string of the molecule is Nc1ccc2oc(N3CCCC3c3ccncc3)nc2c1. The lowest BCUT2D eigenvalue weighted by molar-refractivity contribution is 0.557. The van der Waals surface area contributed by atoms with Crippen LogP contribution in [0.1, 0.15) is 24.4 Å². The number of aromatic nitrogens is 2. The molecule has 4 rings (SSSR count). The van der Waals surface area contributed by atoms with Gasteiger partial charge in [-0.3, -0.25) is 4.98 Å². The Hall–Kier alpha value is -2.56. The maximum absolute atomic E-state index is 5.90. The molecule has 5 heteroatoms. The molecule has 1 fully saturated rings. The van der Waals surface area contributed by atoms with E-state index in [4.69, 9.17) is 10.2 Å². The van der Waals surface area contributed by atoms with Crippen molar-refractivity contribution in [3.05, 3.63) is 48.3 Å². The van der Waals surface area contributed by atoms with E-state index in [0.29, 0.717) is 17.7 Å². The molecular weight excluding hydrogens is 264 g/mol. The van der Waals surface area contributed by atoms with Gasteiger partial charge in [0.05, 0.1) is 6.04 Å². The molecule has 5 nitrogen and oxygen atoms in total. The van der Waals surface area contributed by atoms with Crippen LogP contribution in [0.15, 0.2) is 47.1 Å². The molecule has 0 bridgehead atoms. The fourth-order valence-electron chi connectivity index (χ4n) is 2.98. The van der Waals surface area contributed by atoms with E-state index in [2.05, 4.69) is 27.0 Å². The van der Waals surface area contributed by atoms with E-state index in [1.54, 1.807) is 0 Å². The van der Waals surface area contributed by atoms with Gasteiger partial charge in [0.1, 0.15) is 5.52 Å². The summed E-state index contributed by atoms with van der Waals surface area (Å²) in [6.45, 7) is 0.954. The quantitative estimate of drug-likeness (QED) is 0.730. The van der Waals surface area contributed by atoms with Gasteiger partial charge in [-0.25, -0.2) is 0 Å². The molecule has 0 amide bonds. The van der Waals surface area contributed by atoms with Gasteiger partial charge < -0.3 is 15.1 Å². The van der Waals surface area contributed by atoms with Crippen LogP contribution in [-0.4, -0.2) is 16.5 Å². The van der Waals surface area contributed by atoms with E-state index in [-0.39, 0.29) is 0 Å². The number of nitrogen functional groups attached to an aromatic ring is 1. The lowest BCUT2D eigenvalue weighted by atomic mass is 10.1. The molecule has 1 unspecified atom stereocenters. The molecule has 0 spiro atoms. The zero-order chi connectivity index (χ0) is 14.2. The van der Waals surface area contributed by atoms with Crippen molar-refractivity contribution in [1.82, 2.24) is 9.97 Å². The van der Waals surface area contributed by atoms with Crippen molar-refractivity contribution >= 4 is 22.8 Å². The number of hydrogen-bond acceptors (Lipinski definition) is 5. The predicted molar refractivity (Wildman–Crippen MR) is 82.0 cm³/mol. The third-order valence-electron chi connectivity index (χ3n) is 3.99. The van der Waals surface area contributed by atoms with Crippen LogP contribution in [0, 0.1) is 0 Å². The molecule has 2 N–H and O–H groups in total. The van der Waals surface area contributed by atoms with Crippen LogP contribution in [0.3, 0.4) is 0 Å². The monoisotopic (exact) mass is 280 g/mol. The van der Waals surface area contributed by atoms with Crippen LogP contribution in [0.2, 0.25) is 0 Å². The normalized spacial score (nSPS) is 18.5. The smallest absolute Gasteiger partial charge is 0.298 e. The van der Waals surface area contributed by atoms with E-state index < -0.39 is 0 Å². The van der Waals surface area contributed by atoms with Crippen LogP contribution in [0.5, 0.6) is 0 Å². The summed E-state index contributed by atoms with van der Waals surface area (Å²) in [4.78, 5) is 10.9. The minimum Gasteiger partial charge on any atom is -0.423 e. The van der Waals surface area contributed by atoms with Crippen LogP contribution in [-0.2, 0) is 0 Å². The zero-order valence-electron chi connectivity index (χ0n) is 11.6. The number of nitrogens with two attached hydrogens (primary N) is 1. The topological polar surface area (TPSA) is 68.2 Å². The molecule has 0 aliphatic carbocycles. The summed E-state index contributed by atoms with van der Waals surface area (Å²) in [7, 11) is 0. The van der Waals surface area contributed by atoms with Crippen molar-refractivity contribution in [2.45, 2.75) is 18.9 Å². The second-order valence-corrected chi connectivity index (χ2v) is 5.36. The Morgan fingerprint density at radius 3 is 2.90 bits per heavy atom. The molecule has 3 aromatic rings. The van der Waals surface area contributed by atoms with Crippen molar-refractivity contribution in [3.8, 4) is 0 Å². The largest absolute Gasteiger partial charge is 0.423 e. The van der Waals surface area contributed by atoms with Crippen LogP contribution in [0.4, 0.5) is 11.7 Å². The minimum atomic E-state index is 0.304. The van der Waals surface area contributed by atoms with Crippen molar-refractivity contribution in [2.24, 2.45) is 0 Å². The minimum absolute atomic E-state index is 0.304. The predicted octanol–water partition coefficient (Wildman–Crippen LogP) is 3.15. The molecule has 106 valence electrons. The average molecular weight is 280 g/mol. The van der Waals surface area contributed by atoms with Gasteiger partial charge >= 0.3 is 0 Å². The van der Waals surface area contributed by atoms with E-state index in [1.165, 1.54) is 5.56 Å². The van der Waals surface area contributed by atoms with Crippen molar-refractivity contribution in [1.29, 1.82) is 0 Å². The maximum atomic E-state index is 5.90. The Bertz CT molecular complexity index is 768. The number of oxazole rings is 1. The number of nitrogens with zero attached hydrogens (tertiary/aromatic N) is 3. The van der Waals surface area contributed by atoms with Gasteiger partial charge in [-0.2, -0.15) is 4.98 Å². The highest BCUT2D eigenvalue weighted by Crippen LogP contribution is 2.36. The number of pyridine rings is 1. The molecule has 3 heterocycles. The Morgan fingerprint density at radius 1 is 1.19 bits per heavy atom. The van der Waals surface area contributed by atoms with Gasteiger partial charge in [-0.15, -0.1) is 0 Å². The van der Waals surface area contributed by atoms with Gasteiger partial charge in [0, 0.05) is 24.6 Å². The summed E-state index contributed by atoms with van der Waals surface area (Å²) < 4.78 is 5.90. The van der Waals surface area contributed by atoms with Gasteiger partial charge in [0.2, 0.25) is 0 Å². The van der Waals surface area contributed by atoms with Gasteiger partial charge in [0.15, 0.2) is 5.58 Å². The van der Waals surface area contributed by atoms with Crippen molar-refractivity contribution in [3.63, 3.8) is 0 Å².